The minimum absolute atomic E-state index is 0.0258. The predicted molar refractivity (Wildman–Crippen MR) is 119 cm³/mol. The van der Waals surface area contributed by atoms with Crippen molar-refractivity contribution >= 4 is 29.1 Å². The molecule has 0 unspecified atom stereocenters. The predicted octanol–water partition coefficient (Wildman–Crippen LogP) is 3.83. The van der Waals surface area contributed by atoms with Crippen molar-refractivity contribution in [3.63, 3.8) is 0 Å². The Balaban J connectivity index is 1.56. The number of carbonyl (C=O) groups excluding carboxylic acids is 4. The van der Waals surface area contributed by atoms with Gasteiger partial charge in [0.2, 0.25) is 29.0 Å². The number of hydrogen-bond acceptors (Lipinski definition) is 5. The van der Waals surface area contributed by atoms with Crippen LogP contribution in [0.1, 0.15) is 37.9 Å². The molecule has 2 fully saturated rings. The van der Waals surface area contributed by atoms with E-state index in [4.69, 9.17) is 4.74 Å². The molecule has 0 N–H and O–H groups in total. The molecular formula is C27H18FNO5. The molecule has 2 saturated heterocycles. The van der Waals surface area contributed by atoms with Gasteiger partial charge in [-0.15, -0.1) is 0 Å². The molecule has 7 heteroatoms. The van der Waals surface area contributed by atoms with Crippen LogP contribution in [0, 0.1) is 24.6 Å². The second-order valence-corrected chi connectivity index (χ2v) is 8.85. The molecule has 2 amide bonds. The normalized spacial score (nSPS) is 24.8. The molecule has 168 valence electrons. The van der Waals surface area contributed by atoms with E-state index in [1.807, 2.05) is 6.92 Å². The molecule has 1 aliphatic carbocycles. The van der Waals surface area contributed by atoms with Crippen LogP contribution in [0.25, 0.3) is 0 Å². The van der Waals surface area contributed by atoms with Gasteiger partial charge in [0.15, 0.2) is 0 Å². The second-order valence-electron chi connectivity index (χ2n) is 8.85. The number of halogens is 1. The van der Waals surface area contributed by atoms with Crippen LogP contribution in [0.4, 0.5) is 10.1 Å². The highest BCUT2D eigenvalue weighted by atomic mass is 19.1. The van der Waals surface area contributed by atoms with E-state index in [2.05, 4.69) is 0 Å². The molecule has 2 aliphatic heterocycles. The Labute approximate surface area is 193 Å². The molecule has 34 heavy (non-hydrogen) atoms. The number of carbonyl (C=O) groups is 4. The number of ether oxygens (including phenoxy) is 1. The van der Waals surface area contributed by atoms with E-state index in [1.165, 1.54) is 30.3 Å². The maximum atomic E-state index is 14.9. The molecule has 6 nitrogen and oxygen atoms in total. The summed E-state index contributed by atoms with van der Waals surface area (Å²) in [6.45, 7) is 1.87. The number of anilines is 1. The summed E-state index contributed by atoms with van der Waals surface area (Å²) in [5.74, 6) is -5.95. The smallest absolute Gasteiger partial charge is 0.241 e. The summed E-state index contributed by atoms with van der Waals surface area (Å²) in [5, 5.41) is 0. The highest BCUT2D eigenvalue weighted by Crippen LogP contribution is 2.57. The third-order valence-corrected chi connectivity index (χ3v) is 7.02. The fourth-order valence-electron chi connectivity index (χ4n) is 5.45. The summed E-state index contributed by atoms with van der Waals surface area (Å²) in [6, 6.07) is 18.7. The molecule has 0 bridgehead atoms. The minimum atomic E-state index is -2.21. The number of ketones is 2. The molecule has 3 atom stereocenters. The minimum Gasteiger partial charge on any atom is -0.349 e. The number of benzene rings is 3. The van der Waals surface area contributed by atoms with Gasteiger partial charge in [0.1, 0.15) is 5.82 Å². The number of Topliss-reactive ketones (excluding diaryl/α,β-unsaturated/α-hetero) is 2. The molecule has 0 radical (unpaired) electrons. The Morgan fingerprint density at radius 3 is 2.00 bits per heavy atom. The first-order chi connectivity index (χ1) is 16.4. The first kappa shape index (κ1) is 20.6. The van der Waals surface area contributed by atoms with Crippen LogP contribution in [0.2, 0.25) is 0 Å². The van der Waals surface area contributed by atoms with Crippen molar-refractivity contribution in [1.29, 1.82) is 0 Å². The number of amides is 2. The molecule has 3 aromatic rings. The van der Waals surface area contributed by atoms with E-state index in [9.17, 15) is 23.6 Å². The first-order valence-electron chi connectivity index (χ1n) is 10.9. The van der Waals surface area contributed by atoms with Gasteiger partial charge < -0.3 is 4.74 Å². The quantitative estimate of drug-likeness (QED) is 0.433. The van der Waals surface area contributed by atoms with E-state index in [1.54, 1.807) is 42.5 Å². The van der Waals surface area contributed by atoms with Gasteiger partial charge in [0.05, 0.1) is 23.6 Å². The molecule has 0 aromatic heterocycles. The summed E-state index contributed by atoms with van der Waals surface area (Å²) >= 11 is 0. The maximum absolute atomic E-state index is 14.9. The van der Waals surface area contributed by atoms with Crippen LogP contribution in [0.5, 0.6) is 0 Å². The van der Waals surface area contributed by atoms with Gasteiger partial charge in [0.25, 0.3) is 0 Å². The number of aryl methyl sites for hydroxylation is 1. The van der Waals surface area contributed by atoms with E-state index < -0.39 is 52.7 Å². The van der Waals surface area contributed by atoms with Crippen LogP contribution >= 0.6 is 0 Å². The van der Waals surface area contributed by atoms with Crippen molar-refractivity contribution in [3.05, 3.63) is 101 Å². The zero-order valence-electron chi connectivity index (χ0n) is 18.0. The lowest BCUT2D eigenvalue weighted by molar-refractivity contribution is -0.127. The lowest BCUT2D eigenvalue weighted by atomic mass is 9.77. The average molecular weight is 455 g/mol. The maximum Gasteiger partial charge on any atom is 0.241 e. The van der Waals surface area contributed by atoms with Crippen LogP contribution < -0.4 is 4.90 Å². The summed E-state index contributed by atoms with van der Waals surface area (Å²) in [5.41, 5.74) is -0.661. The second kappa shape index (κ2) is 7.01. The number of nitrogens with zero attached hydrogens (tertiary/aromatic N) is 1. The zero-order chi connectivity index (χ0) is 23.8. The molecule has 0 saturated carbocycles. The molecule has 1 spiro atoms. The monoisotopic (exact) mass is 455 g/mol. The highest BCUT2D eigenvalue weighted by molar-refractivity contribution is 6.37. The van der Waals surface area contributed by atoms with Gasteiger partial charge >= 0.3 is 0 Å². The molecule has 2 heterocycles. The van der Waals surface area contributed by atoms with Gasteiger partial charge in [-0.05, 0) is 25.1 Å². The Morgan fingerprint density at radius 2 is 1.38 bits per heavy atom. The van der Waals surface area contributed by atoms with Crippen molar-refractivity contribution in [3.8, 4) is 0 Å². The van der Waals surface area contributed by atoms with Gasteiger partial charge in [-0.3, -0.25) is 19.2 Å². The summed E-state index contributed by atoms with van der Waals surface area (Å²) in [7, 11) is 0. The van der Waals surface area contributed by atoms with Crippen molar-refractivity contribution in [2.75, 3.05) is 4.90 Å². The van der Waals surface area contributed by atoms with E-state index in [0.29, 0.717) is 5.69 Å². The SMILES string of the molecule is Cc1ccc(N2C(=O)[C@@H]3[C@@H](C2=O)C2(O[C@H]3c3ccccc3F)C(=O)c3ccccc3C2=O)cc1. The fraction of sp³-hybridized carbons (Fsp3) is 0.185. The molecule has 3 aliphatic rings. The number of imide groups is 1. The Morgan fingerprint density at radius 1 is 0.794 bits per heavy atom. The van der Waals surface area contributed by atoms with Crippen molar-refractivity contribution in [1.82, 2.24) is 0 Å². The largest absolute Gasteiger partial charge is 0.349 e. The highest BCUT2D eigenvalue weighted by Gasteiger charge is 2.75. The summed E-state index contributed by atoms with van der Waals surface area (Å²) in [4.78, 5) is 55.8. The van der Waals surface area contributed by atoms with E-state index >= 15 is 0 Å². The van der Waals surface area contributed by atoms with Gasteiger partial charge in [-0.2, -0.15) is 0 Å². The van der Waals surface area contributed by atoms with Crippen molar-refractivity contribution in [2.45, 2.75) is 18.6 Å². The Kier molecular flexibility index (Phi) is 4.25. The lowest BCUT2D eigenvalue weighted by Crippen LogP contribution is -2.51. The van der Waals surface area contributed by atoms with Crippen molar-refractivity contribution in [2.24, 2.45) is 11.8 Å². The van der Waals surface area contributed by atoms with E-state index in [-0.39, 0.29) is 16.7 Å². The third-order valence-electron chi connectivity index (χ3n) is 7.02. The first-order valence-corrected chi connectivity index (χ1v) is 10.9. The summed E-state index contributed by atoms with van der Waals surface area (Å²) < 4.78 is 20.9. The average Bonchev–Trinajstić information content (AvgIpc) is 3.40. The van der Waals surface area contributed by atoms with Gasteiger partial charge in [-0.1, -0.05) is 60.2 Å². The van der Waals surface area contributed by atoms with Crippen LogP contribution in [0.15, 0.2) is 72.8 Å². The van der Waals surface area contributed by atoms with E-state index in [0.717, 1.165) is 10.5 Å². The van der Waals surface area contributed by atoms with Gasteiger partial charge in [-0.25, -0.2) is 9.29 Å². The van der Waals surface area contributed by atoms with Crippen LogP contribution in [-0.2, 0) is 14.3 Å². The number of fused-ring (bicyclic) bond motifs is 3. The number of hydrogen-bond donors (Lipinski definition) is 0. The Bertz CT molecular complexity index is 1380. The topological polar surface area (TPSA) is 80.8 Å². The lowest BCUT2D eigenvalue weighted by Gasteiger charge is -2.27. The van der Waals surface area contributed by atoms with Gasteiger partial charge in [0, 0.05) is 16.7 Å². The molecule has 3 aromatic carbocycles. The summed E-state index contributed by atoms with van der Waals surface area (Å²) in [6.07, 6.45) is -1.28. The standard InChI is InChI=1S/C27H18FNO5/c1-14-10-12-15(13-11-14)29-25(32)20-21(26(29)33)27(34-22(20)18-8-4-5-9-19(18)28)23(30)16-6-2-3-7-17(16)24(27)31/h2-13,20-22H,1H3/t20-,21+,22+/m1/s1. The van der Waals surface area contributed by atoms with Crippen LogP contribution in [0.3, 0.4) is 0 Å². The van der Waals surface area contributed by atoms with Crippen LogP contribution in [-0.4, -0.2) is 29.0 Å². The zero-order valence-corrected chi connectivity index (χ0v) is 18.0. The Hall–Kier alpha value is -3.97. The fourth-order valence-corrected chi connectivity index (χ4v) is 5.45. The number of rotatable bonds is 2. The molecular weight excluding hydrogens is 437 g/mol. The molecule has 6 rings (SSSR count). The van der Waals surface area contributed by atoms with Crippen molar-refractivity contribution < 1.29 is 28.3 Å². The third kappa shape index (κ3) is 2.47.